The van der Waals surface area contributed by atoms with Gasteiger partial charge in [-0.3, -0.25) is 9.59 Å². The van der Waals surface area contributed by atoms with Gasteiger partial charge in [-0.05, 0) is 42.7 Å². The summed E-state index contributed by atoms with van der Waals surface area (Å²) < 4.78 is 43.5. The van der Waals surface area contributed by atoms with E-state index in [1.807, 2.05) is 6.07 Å². The SMILES string of the molecule is N#Cc1ccc(-n2nc3c(c2C(=O)NCCN)C(=O)NC(CCc2cccc(OCC(F)(F)F)c2)C3)nc1. The van der Waals surface area contributed by atoms with Crippen LogP contribution in [0.1, 0.15) is 44.1 Å². The van der Waals surface area contributed by atoms with Gasteiger partial charge in [-0.25, -0.2) is 9.67 Å². The Morgan fingerprint density at radius 2 is 2.13 bits per heavy atom. The van der Waals surface area contributed by atoms with Crippen molar-refractivity contribution >= 4 is 11.8 Å². The molecule has 0 spiro atoms. The number of halogens is 3. The van der Waals surface area contributed by atoms with Crippen LogP contribution in [0, 0.1) is 11.3 Å². The first kappa shape index (κ1) is 26.6. The van der Waals surface area contributed by atoms with Crippen molar-refractivity contribution in [1.29, 1.82) is 5.26 Å². The molecule has 0 radical (unpaired) electrons. The van der Waals surface area contributed by atoms with Crippen LogP contribution in [-0.2, 0) is 12.8 Å². The van der Waals surface area contributed by atoms with E-state index in [-0.39, 0.29) is 42.0 Å². The summed E-state index contributed by atoms with van der Waals surface area (Å²) in [6.45, 7) is -0.987. The van der Waals surface area contributed by atoms with Gasteiger partial charge >= 0.3 is 6.18 Å². The van der Waals surface area contributed by atoms with Crippen molar-refractivity contribution in [2.24, 2.45) is 5.73 Å². The molecule has 198 valence electrons. The number of pyridine rings is 1. The number of nitrogens with zero attached hydrogens (tertiary/aromatic N) is 4. The summed E-state index contributed by atoms with van der Waals surface area (Å²) >= 11 is 0. The summed E-state index contributed by atoms with van der Waals surface area (Å²) in [5, 5.41) is 19.1. The molecule has 0 saturated heterocycles. The topological polar surface area (TPSA) is 148 Å². The van der Waals surface area contributed by atoms with Crippen molar-refractivity contribution in [3.05, 3.63) is 70.7 Å². The number of ether oxygens (including phenoxy) is 1. The highest BCUT2D eigenvalue weighted by Crippen LogP contribution is 2.25. The largest absolute Gasteiger partial charge is 0.484 e. The molecule has 38 heavy (non-hydrogen) atoms. The average molecular weight is 528 g/mol. The highest BCUT2D eigenvalue weighted by Gasteiger charge is 2.35. The molecule has 2 amide bonds. The Kier molecular flexibility index (Phi) is 7.92. The van der Waals surface area contributed by atoms with Crippen LogP contribution in [0.5, 0.6) is 5.75 Å². The minimum Gasteiger partial charge on any atom is -0.484 e. The van der Waals surface area contributed by atoms with E-state index in [9.17, 15) is 22.8 Å². The second-order valence-electron chi connectivity index (χ2n) is 8.61. The number of aromatic nitrogens is 3. The molecule has 4 rings (SSSR count). The van der Waals surface area contributed by atoms with Gasteiger partial charge in [-0.1, -0.05) is 12.1 Å². The zero-order valence-corrected chi connectivity index (χ0v) is 20.1. The molecule has 0 aliphatic carbocycles. The summed E-state index contributed by atoms with van der Waals surface area (Å²) in [6.07, 6.45) is -1.83. The third kappa shape index (κ3) is 6.27. The molecule has 13 heteroatoms. The van der Waals surface area contributed by atoms with Crippen LogP contribution in [0.25, 0.3) is 5.82 Å². The van der Waals surface area contributed by atoms with Gasteiger partial charge < -0.3 is 21.1 Å². The van der Waals surface area contributed by atoms with Crippen LogP contribution in [0.3, 0.4) is 0 Å². The van der Waals surface area contributed by atoms with Gasteiger partial charge in [0.2, 0.25) is 0 Å². The number of fused-ring (bicyclic) bond motifs is 1. The minimum atomic E-state index is -4.43. The quantitative estimate of drug-likeness (QED) is 0.386. The lowest BCUT2D eigenvalue weighted by Gasteiger charge is -2.23. The van der Waals surface area contributed by atoms with Crippen LogP contribution in [0.2, 0.25) is 0 Å². The number of carbonyl (C=O) groups excluding carboxylic acids is 2. The highest BCUT2D eigenvalue weighted by molar-refractivity contribution is 6.08. The van der Waals surface area contributed by atoms with Gasteiger partial charge in [0, 0.05) is 31.7 Å². The van der Waals surface area contributed by atoms with Crippen LogP contribution < -0.4 is 21.1 Å². The van der Waals surface area contributed by atoms with Crippen LogP contribution in [-0.4, -0.2) is 58.5 Å². The number of aryl methyl sites for hydroxylation is 1. The van der Waals surface area contributed by atoms with E-state index in [0.29, 0.717) is 30.5 Å². The van der Waals surface area contributed by atoms with Crippen LogP contribution >= 0.6 is 0 Å². The van der Waals surface area contributed by atoms with E-state index in [4.69, 9.17) is 15.7 Å². The van der Waals surface area contributed by atoms with Crippen LogP contribution in [0.15, 0.2) is 42.6 Å². The Morgan fingerprint density at radius 3 is 2.82 bits per heavy atom. The first-order chi connectivity index (χ1) is 18.2. The number of hydrogen-bond acceptors (Lipinski definition) is 7. The van der Waals surface area contributed by atoms with Crippen molar-refractivity contribution in [2.45, 2.75) is 31.5 Å². The summed E-state index contributed by atoms with van der Waals surface area (Å²) in [6, 6.07) is 11.1. The van der Waals surface area contributed by atoms with E-state index in [1.54, 1.807) is 12.1 Å². The molecule has 2 aromatic heterocycles. The van der Waals surface area contributed by atoms with E-state index in [0.717, 1.165) is 5.56 Å². The molecule has 0 fully saturated rings. The predicted molar refractivity (Wildman–Crippen MR) is 129 cm³/mol. The van der Waals surface area contributed by atoms with Gasteiger partial charge in [-0.2, -0.15) is 23.5 Å². The molecule has 1 unspecified atom stereocenters. The average Bonchev–Trinajstić information content (AvgIpc) is 3.29. The van der Waals surface area contributed by atoms with Crippen LogP contribution in [0.4, 0.5) is 13.2 Å². The molecule has 1 aliphatic rings. The molecular weight excluding hydrogens is 503 g/mol. The lowest BCUT2D eigenvalue weighted by Crippen LogP contribution is -2.42. The number of carbonyl (C=O) groups is 2. The van der Waals surface area contributed by atoms with Crippen molar-refractivity contribution < 1.29 is 27.5 Å². The summed E-state index contributed by atoms with van der Waals surface area (Å²) in [4.78, 5) is 30.3. The number of amides is 2. The molecule has 3 aromatic rings. The van der Waals surface area contributed by atoms with Crippen molar-refractivity contribution in [2.75, 3.05) is 19.7 Å². The second kappa shape index (κ2) is 11.3. The smallest absolute Gasteiger partial charge is 0.422 e. The monoisotopic (exact) mass is 527 g/mol. The standard InChI is InChI=1S/C25H24F3N7O3/c26-25(27,28)14-38-18-3-1-2-15(10-18)4-6-17-11-19-21(23(36)33-17)22(24(37)31-9-8-29)35(34-19)20-7-5-16(12-30)13-32-20/h1-3,5,7,10,13,17H,4,6,8-9,11,14,29H2,(H,31,37)(H,33,36). The lowest BCUT2D eigenvalue weighted by atomic mass is 9.95. The number of nitrogens with one attached hydrogen (secondary N) is 2. The Hall–Kier alpha value is -4.44. The van der Waals surface area contributed by atoms with Gasteiger partial charge in [0.25, 0.3) is 11.8 Å². The van der Waals surface area contributed by atoms with Gasteiger partial charge in [0.05, 0.1) is 16.8 Å². The maximum atomic E-state index is 13.1. The molecule has 0 saturated carbocycles. The van der Waals surface area contributed by atoms with E-state index >= 15 is 0 Å². The maximum absolute atomic E-state index is 13.1. The summed E-state index contributed by atoms with van der Waals surface area (Å²) in [7, 11) is 0. The molecule has 1 aromatic carbocycles. The van der Waals surface area contributed by atoms with E-state index in [1.165, 1.54) is 35.1 Å². The van der Waals surface area contributed by atoms with E-state index in [2.05, 4.69) is 20.7 Å². The number of nitrogens with two attached hydrogens (primary N) is 1. The van der Waals surface area contributed by atoms with Crippen molar-refractivity contribution in [3.63, 3.8) is 0 Å². The third-order valence-electron chi connectivity index (χ3n) is 5.78. The molecule has 0 bridgehead atoms. The Labute approximate surface area is 215 Å². The minimum absolute atomic E-state index is 0.0103. The number of rotatable bonds is 9. The number of nitriles is 1. The van der Waals surface area contributed by atoms with Crippen molar-refractivity contribution in [3.8, 4) is 17.6 Å². The number of hydrogen-bond donors (Lipinski definition) is 3. The van der Waals surface area contributed by atoms with Crippen molar-refractivity contribution in [1.82, 2.24) is 25.4 Å². The fourth-order valence-corrected chi connectivity index (χ4v) is 4.08. The van der Waals surface area contributed by atoms with Gasteiger partial charge in [-0.15, -0.1) is 0 Å². The Balaban J connectivity index is 1.54. The molecule has 10 nitrogen and oxygen atoms in total. The molecule has 1 aliphatic heterocycles. The molecular formula is C25H24F3N7O3. The van der Waals surface area contributed by atoms with Gasteiger partial charge in [0.1, 0.15) is 17.5 Å². The normalized spacial score (nSPS) is 14.8. The second-order valence-corrected chi connectivity index (χ2v) is 8.61. The fraction of sp³-hybridized carbons (Fsp3) is 0.320. The lowest BCUT2D eigenvalue weighted by molar-refractivity contribution is -0.153. The summed E-state index contributed by atoms with van der Waals surface area (Å²) in [5.41, 5.74) is 7.12. The highest BCUT2D eigenvalue weighted by atomic mass is 19.4. The number of alkyl halides is 3. The molecule has 1 atom stereocenters. The summed E-state index contributed by atoms with van der Waals surface area (Å²) in [5.74, 6) is -0.649. The van der Waals surface area contributed by atoms with Gasteiger partial charge in [0.15, 0.2) is 12.4 Å². The Bertz CT molecular complexity index is 1360. The maximum Gasteiger partial charge on any atom is 0.422 e. The fourth-order valence-electron chi connectivity index (χ4n) is 4.08. The molecule has 4 N–H and O–H groups in total. The third-order valence-corrected chi connectivity index (χ3v) is 5.78. The first-order valence-corrected chi connectivity index (χ1v) is 11.7. The molecule has 3 heterocycles. The number of benzene rings is 1. The predicted octanol–water partition coefficient (Wildman–Crippen LogP) is 2.06. The zero-order valence-electron chi connectivity index (χ0n) is 20.1. The zero-order chi connectivity index (χ0) is 27.3. The first-order valence-electron chi connectivity index (χ1n) is 11.7. The Morgan fingerprint density at radius 1 is 1.32 bits per heavy atom. The van der Waals surface area contributed by atoms with E-state index < -0.39 is 24.6 Å².